The molecule has 0 bridgehead atoms. The number of benzene rings is 2. The lowest BCUT2D eigenvalue weighted by atomic mass is 10.1. The minimum Gasteiger partial charge on any atom is -0.377 e. The molecule has 2 N–H and O–H groups in total. The summed E-state index contributed by atoms with van der Waals surface area (Å²) in [4.78, 5) is 7.26. The number of hydrogen-bond acceptors (Lipinski definition) is 3. The largest absolute Gasteiger partial charge is 0.377 e. The van der Waals surface area contributed by atoms with E-state index in [2.05, 4.69) is 77.1 Å². The predicted octanol–water partition coefficient (Wildman–Crippen LogP) is 3.56. The third-order valence-corrected chi connectivity index (χ3v) is 4.98. The van der Waals surface area contributed by atoms with Gasteiger partial charge in [0.2, 0.25) is 0 Å². The van der Waals surface area contributed by atoms with Gasteiger partial charge in [0.05, 0.1) is 13.2 Å². The average molecular weight is 381 g/mol. The van der Waals surface area contributed by atoms with Gasteiger partial charge in [0.1, 0.15) is 0 Å². The van der Waals surface area contributed by atoms with Crippen LogP contribution in [-0.2, 0) is 17.9 Å². The molecule has 3 rings (SSSR count). The first kappa shape index (κ1) is 20.2. The molecule has 1 saturated heterocycles. The second-order valence-electron chi connectivity index (χ2n) is 7.01. The van der Waals surface area contributed by atoms with E-state index in [1.807, 2.05) is 6.92 Å². The van der Waals surface area contributed by atoms with Crippen LogP contribution in [0.15, 0.2) is 59.6 Å². The first-order valence-electron chi connectivity index (χ1n) is 10.3. The highest BCUT2D eigenvalue weighted by molar-refractivity contribution is 5.80. The number of guanidine groups is 1. The van der Waals surface area contributed by atoms with Crippen molar-refractivity contribution in [3.63, 3.8) is 0 Å². The van der Waals surface area contributed by atoms with E-state index in [1.165, 1.54) is 16.8 Å². The van der Waals surface area contributed by atoms with Gasteiger partial charge in [0.25, 0.3) is 0 Å². The van der Waals surface area contributed by atoms with E-state index in [9.17, 15) is 0 Å². The lowest BCUT2D eigenvalue weighted by Crippen LogP contribution is -2.44. The maximum absolute atomic E-state index is 5.59. The molecule has 1 heterocycles. The molecule has 0 aromatic heterocycles. The van der Waals surface area contributed by atoms with E-state index in [-0.39, 0.29) is 0 Å². The number of hydrogen-bond donors (Lipinski definition) is 2. The minimum atomic E-state index is 0.400. The molecule has 1 aliphatic rings. The fourth-order valence-electron chi connectivity index (χ4n) is 3.49. The van der Waals surface area contributed by atoms with Crippen LogP contribution in [0.2, 0.25) is 0 Å². The van der Waals surface area contributed by atoms with E-state index in [4.69, 9.17) is 9.73 Å². The lowest BCUT2D eigenvalue weighted by Gasteiger charge is -2.20. The molecule has 5 heteroatoms. The van der Waals surface area contributed by atoms with Crippen molar-refractivity contribution >= 4 is 11.6 Å². The predicted molar refractivity (Wildman–Crippen MR) is 117 cm³/mol. The molecule has 1 fully saturated rings. The van der Waals surface area contributed by atoms with Crippen LogP contribution in [0.4, 0.5) is 5.69 Å². The number of para-hydroxylation sites is 1. The van der Waals surface area contributed by atoms with Crippen molar-refractivity contribution in [3.05, 3.63) is 65.7 Å². The summed E-state index contributed by atoms with van der Waals surface area (Å²) >= 11 is 0. The lowest BCUT2D eigenvalue weighted by molar-refractivity contribution is 0.133. The van der Waals surface area contributed by atoms with Crippen LogP contribution in [0.1, 0.15) is 31.4 Å². The molecule has 1 aliphatic heterocycles. The Balaban J connectivity index is 1.61. The van der Waals surface area contributed by atoms with E-state index >= 15 is 0 Å². The fourth-order valence-corrected chi connectivity index (χ4v) is 3.49. The van der Waals surface area contributed by atoms with Gasteiger partial charge in [-0.1, -0.05) is 42.5 Å². The zero-order valence-electron chi connectivity index (χ0n) is 17.0. The second kappa shape index (κ2) is 10.7. The second-order valence-corrected chi connectivity index (χ2v) is 7.01. The van der Waals surface area contributed by atoms with Crippen LogP contribution in [0.25, 0.3) is 0 Å². The van der Waals surface area contributed by atoms with Crippen LogP contribution >= 0.6 is 0 Å². The number of nitrogens with zero attached hydrogens (tertiary/aromatic N) is 2. The molecule has 0 saturated carbocycles. The Bertz CT molecular complexity index is 747. The van der Waals surface area contributed by atoms with E-state index < -0.39 is 0 Å². The van der Waals surface area contributed by atoms with E-state index in [0.29, 0.717) is 19.2 Å². The maximum atomic E-state index is 5.59. The Morgan fingerprint density at radius 3 is 2.57 bits per heavy atom. The third-order valence-electron chi connectivity index (χ3n) is 4.98. The molecule has 1 atom stereocenters. The summed E-state index contributed by atoms with van der Waals surface area (Å²) in [5, 5.41) is 7.00. The molecule has 0 amide bonds. The Kier molecular flexibility index (Phi) is 7.73. The first-order valence-corrected chi connectivity index (χ1v) is 10.3. The van der Waals surface area contributed by atoms with Gasteiger partial charge < -0.3 is 20.3 Å². The van der Waals surface area contributed by atoms with Gasteiger partial charge >= 0.3 is 0 Å². The van der Waals surface area contributed by atoms with Gasteiger partial charge in [0.15, 0.2) is 5.96 Å². The highest BCUT2D eigenvalue weighted by Crippen LogP contribution is 2.19. The fraction of sp³-hybridized carbons (Fsp3) is 0.435. The SMILES string of the molecule is CCNC(=NCc1ccccc1COCC)NC1CCN(c2ccccc2)C1. The molecular weight excluding hydrogens is 348 g/mol. The molecular formula is C23H32N4O. The summed E-state index contributed by atoms with van der Waals surface area (Å²) in [5.74, 6) is 0.883. The first-order chi connectivity index (χ1) is 13.8. The monoisotopic (exact) mass is 380 g/mol. The van der Waals surface area contributed by atoms with Crippen molar-refractivity contribution in [2.45, 2.75) is 39.5 Å². The Hall–Kier alpha value is -2.53. The molecule has 28 heavy (non-hydrogen) atoms. The number of rotatable bonds is 8. The molecule has 2 aromatic rings. The quantitative estimate of drug-likeness (QED) is 0.543. The summed E-state index contributed by atoms with van der Waals surface area (Å²) in [6.45, 7) is 9.05. The van der Waals surface area contributed by atoms with Crippen LogP contribution in [0.5, 0.6) is 0 Å². The zero-order valence-corrected chi connectivity index (χ0v) is 17.0. The number of nitrogens with one attached hydrogen (secondary N) is 2. The minimum absolute atomic E-state index is 0.400. The van der Waals surface area contributed by atoms with Crippen LogP contribution in [0, 0.1) is 0 Å². The Morgan fingerprint density at radius 2 is 1.82 bits per heavy atom. The summed E-state index contributed by atoms with van der Waals surface area (Å²) < 4.78 is 5.59. The van der Waals surface area contributed by atoms with Crippen molar-refractivity contribution < 1.29 is 4.74 Å². The average Bonchev–Trinajstić information content (AvgIpc) is 3.20. The molecule has 5 nitrogen and oxygen atoms in total. The van der Waals surface area contributed by atoms with Gasteiger partial charge in [-0.15, -0.1) is 0 Å². The topological polar surface area (TPSA) is 48.9 Å². The van der Waals surface area contributed by atoms with Gasteiger partial charge in [-0.3, -0.25) is 0 Å². The summed E-state index contributed by atoms with van der Waals surface area (Å²) in [6, 6.07) is 19.4. The highest BCUT2D eigenvalue weighted by Gasteiger charge is 2.23. The van der Waals surface area contributed by atoms with Crippen molar-refractivity contribution in [2.75, 3.05) is 31.1 Å². The van der Waals surface area contributed by atoms with Gasteiger partial charge in [0, 0.05) is 38.0 Å². The molecule has 150 valence electrons. The molecule has 0 aliphatic carbocycles. The Labute approximate surface area is 168 Å². The molecule has 0 spiro atoms. The van der Waals surface area contributed by atoms with Crippen molar-refractivity contribution in [2.24, 2.45) is 4.99 Å². The van der Waals surface area contributed by atoms with E-state index in [1.54, 1.807) is 0 Å². The number of anilines is 1. The molecule has 2 aromatic carbocycles. The van der Waals surface area contributed by atoms with Crippen LogP contribution < -0.4 is 15.5 Å². The number of aliphatic imine (C=N–C) groups is 1. The number of ether oxygens (including phenoxy) is 1. The normalized spacial score (nSPS) is 17.0. The van der Waals surface area contributed by atoms with Crippen molar-refractivity contribution in [3.8, 4) is 0 Å². The highest BCUT2D eigenvalue weighted by atomic mass is 16.5. The van der Waals surface area contributed by atoms with Crippen LogP contribution in [0.3, 0.4) is 0 Å². The summed E-state index contributed by atoms with van der Waals surface area (Å²) in [5.41, 5.74) is 3.71. The van der Waals surface area contributed by atoms with Gasteiger partial charge in [-0.2, -0.15) is 0 Å². The zero-order chi connectivity index (χ0) is 19.6. The van der Waals surface area contributed by atoms with Crippen LogP contribution in [-0.4, -0.2) is 38.2 Å². The maximum Gasteiger partial charge on any atom is 0.191 e. The smallest absolute Gasteiger partial charge is 0.191 e. The summed E-state index contributed by atoms with van der Waals surface area (Å²) in [7, 11) is 0. The van der Waals surface area contributed by atoms with Crippen molar-refractivity contribution in [1.82, 2.24) is 10.6 Å². The van der Waals surface area contributed by atoms with Crippen molar-refractivity contribution in [1.29, 1.82) is 0 Å². The van der Waals surface area contributed by atoms with Gasteiger partial charge in [-0.25, -0.2) is 4.99 Å². The molecule has 1 unspecified atom stereocenters. The molecule has 0 radical (unpaired) electrons. The standard InChI is InChI=1S/C23H32N4O/c1-3-24-23(25-16-19-10-8-9-11-20(19)18-28-4-2)26-21-14-15-27(17-21)22-12-6-5-7-13-22/h5-13,21H,3-4,14-18H2,1-2H3,(H2,24,25,26). The third kappa shape index (κ3) is 5.73. The Morgan fingerprint density at radius 1 is 1.07 bits per heavy atom. The summed E-state index contributed by atoms with van der Waals surface area (Å²) in [6.07, 6.45) is 1.11. The van der Waals surface area contributed by atoms with E-state index in [0.717, 1.165) is 38.6 Å². The van der Waals surface area contributed by atoms with Gasteiger partial charge in [-0.05, 0) is 43.5 Å².